The van der Waals surface area contributed by atoms with Crippen molar-refractivity contribution in [2.24, 2.45) is 0 Å². The highest BCUT2D eigenvalue weighted by Gasteiger charge is 2.33. The average molecular weight is 402 g/mol. The lowest BCUT2D eigenvalue weighted by Gasteiger charge is -2.33. The fourth-order valence-electron chi connectivity index (χ4n) is 3.35. The van der Waals surface area contributed by atoms with Gasteiger partial charge in [-0.05, 0) is 31.5 Å². The number of ether oxygens (including phenoxy) is 1. The molecule has 1 N–H and O–H groups in total. The number of benzene rings is 1. The molecule has 0 saturated carbocycles. The largest absolute Gasteiger partial charge is 0.375 e. The van der Waals surface area contributed by atoms with Crippen LogP contribution in [0.3, 0.4) is 0 Å². The third kappa shape index (κ3) is 4.88. The molecule has 2 aliphatic rings. The number of halogens is 2. The van der Waals surface area contributed by atoms with Crippen molar-refractivity contribution in [1.29, 1.82) is 0 Å². The summed E-state index contributed by atoms with van der Waals surface area (Å²) in [5, 5.41) is 3.79. The molecule has 0 bridgehead atoms. The van der Waals surface area contributed by atoms with Gasteiger partial charge in [-0.1, -0.05) is 17.7 Å². The number of rotatable bonds is 2. The van der Waals surface area contributed by atoms with E-state index in [2.05, 4.69) is 5.32 Å². The lowest BCUT2D eigenvalue weighted by atomic mass is 10.1. The van der Waals surface area contributed by atoms with E-state index in [1.54, 1.807) is 29.2 Å². The van der Waals surface area contributed by atoms with Gasteiger partial charge in [-0.3, -0.25) is 9.59 Å². The molecule has 2 aliphatic heterocycles. The molecule has 2 fully saturated rings. The molecule has 0 radical (unpaired) electrons. The summed E-state index contributed by atoms with van der Waals surface area (Å²) < 4.78 is 5.57. The summed E-state index contributed by atoms with van der Waals surface area (Å²) in [6.07, 6.45) is 0.633. The normalized spacial score (nSPS) is 23.8. The Hall–Kier alpha value is -1.34. The van der Waals surface area contributed by atoms with Crippen molar-refractivity contribution in [3.8, 4) is 0 Å². The predicted octanol–water partition coefficient (Wildman–Crippen LogP) is 1.81. The van der Waals surface area contributed by atoms with Crippen LogP contribution in [0.1, 0.15) is 23.7 Å². The van der Waals surface area contributed by atoms with Crippen LogP contribution in [0.5, 0.6) is 0 Å². The molecule has 26 heavy (non-hydrogen) atoms. The quantitative estimate of drug-likeness (QED) is 0.820. The standard InChI is InChI=1S/C18H24ClN3O3.ClH/c1-13-16(20-6-11-25-13)18(24)22-8-3-7-21(9-10-22)17(23)14-4-2-5-15(19)12-14;/h2,4-5,12-13,16,20H,3,6-11H2,1H3;1H/t13-,16+;/m1./s1. The molecule has 2 heterocycles. The number of nitrogens with zero attached hydrogens (tertiary/aromatic N) is 2. The predicted molar refractivity (Wildman–Crippen MR) is 103 cm³/mol. The molecule has 3 rings (SSSR count). The number of amides is 2. The van der Waals surface area contributed by atoms with E-state index < -0.39 is 0 Å². The highest BCUT2D eigenvalue weighted by molar-refractivity contribution is 6.30. The molecule has 0 aliphatic carbocycles. The van der Waals surface area contributed by atoms with Crippen molar-refractivity contribution in [1.82, 2.24) is 15.1 Å². The summed E-state index contributed by atoms with van der Waals surface area (Å²) in [6, 6.07) is 6.68. The Balaban J connectivity index is 0.00000243. The van der Waals surface area contributed by atoms with Crippen molar-refractivity contribution < 1.29 is 14.3 Å². The van der Waals surface area contributed by atoms with Crippen LogP contribution in [0.15, 0.2) is 24.3 Å². The third-order valence-electron chi connectivity index (χ3n) is 4.75. The van der Waals surface area contributed by atoms with Gasteiger partial charge < -0.3 is 19.9 Å². The Labute approximate surface area is 165 Å². The van der Waals surface area contributed by atoms with Gasteiger partial charge in [0, 0.05) is 43.3 Å². The van der Waals surface area contributed by atoms with Gasteiger partial charge in [-0.15, -0.1) is 12.4 Å². The average Bonchev–Trinajstić information content (AvgIpc) is 2.87. The summed E-state index contributed by atoms with van der Waals surface area (Å²) >= 11 is 5.98. The maximum Gasteiger partial charge on any atom is 0.253 e. The number of hydrogen-bond donors (Lipinski definition) is 1. The van der Waals surface area contributed by atoms with E-state index in [9.17, 15) is 9.59 Å². The second-order valence-electron chi connectivity index (χ2n) is 6.49. The Bertz CT molecular complexity index is 644. The molecular formula is C18H25Cl2N3O3. The summed E-state index contributed by atoms with van der Waals surface area (Å²) in [4.78, 5) is 29.1. The Morgan fingerprint density at radius 1 is 1.19 bits per heavy atom. The molecular weight excluding hydrogens is 377 g/mol. The molecule has 1 aromatic carbocycles. The first-order valence-corrected chi connectivity index (χ1v) is 9.12. The molecule has 1 aromatic rings. The van der Waals surface area contributed by atoms with E-state index in [1.165, 1.54) is 0 Å². The van der Waals surface area contributed by atoms with Crippen LogP contribution in [-0.4, -0.2) is 73.1 Å². The topological polar surface area (TPSA) is 61.9 Å². The van der Waals surface area contributed by atoms with E-state index in [4.69, 9.17) is 16.3 Å². The monoisotopic (exact) mass is 401 g/mol. The first-order chi connectivity index (χ1) is 12.1. The fourth-order valence-corrected chi connectivity index (χ4v) is 3.54. The van der Waals surface area contributed by atoms with Gasteiger partial charge in [0.2, 0.25) is 5.91 Å². The third-order valence-corrected chi connectivity index (χ3v) is 4.98. The minimum atomic E-state index is -0.302. The van der Waals surface area contributed by atoms with E-state index in [0.717, 1.165) is 6.42 Å². The van der Waals surface area contributed by atoms with E-state index in [-0.39, 0.29) is 36.4 Å². The van der Waals surface area contributed by atoms with Crippen LogP contribution in [-0.2, 0) is 9.53 Å². The maximum atomic E-state index is 12.8. The van der Waals surface area contributed by atoms with Crippen molar-refractivity contribution in [3.05, 3.63) is 34.9 Å². The van der Waals surface area contributed by atoms with Crippen molar-refractivity contribution in [3.63, 3.8) is 0 Å². The molecule has 0 unspecified atom stereocenters. The number of carbonyl (C=O) groups is 2. The van der Waals surface area contributed by atoms with Crippen LogP contribution in [0.2, 0.25) is 5.02 Å². The SMILES string of the molecule is C[C@H]1OCCN[C@@H]1C(=O)N1CCCN(C(=O)c2cccc(Cl)c2)CC1.Cl. The fraction of sp³-hybridized carbons (Fsp3) is 0.556. The summed E-state index contributed by atoms with van der Waals surface area (Å²) in [7, 11) is 0. The molecule has 6 nitrogen and oxygen atoms in total. The Morgan fingerprint density at radius 2 is 1.92 bits per heavy atom. The molecule has 2 amide bonds. The van der Waals surface area contributed by atoms with Crippen LogP contribution < -0.4 is 5.32 Å². The molecule has 8 heteroatoms. The highest BCUT2D eigenvalue weighted by Crippen LogP contribution is 2.15. The van der Waals surface area contributed by atoms with Gasteiger partial charge in [0.05, 0.1) is 12.7 Å². The van der Waals surface area contributed by atoms with Crippen molar-refractivity contribution in [2.75, 3.05) is 39.3 Å². The number of carbonyl (C=O) groups excluding carboxylic acids is 2. The van der Waals surface area contributed by atoms with Crippen LogP contribution in [0.4, 0.5) is 0 Å². The summed E-state index contributed by atoms with van der Waals surface area (Å²) in [5.41, 5.74) is 0.586. The summed E-state index contributed by atoms with van der Waals surface area (Å²) in [6.45, 7) is 5.60. The number of hydrogen-bond acceptors (Lipinski definition) is 4. The van der Waals surface area contributed by atoms with Crippen molar-refractivity contribution >= 4 is 35.8 Å². The Kier molecular flexibility index (Phi) is 7.70. The lowest BCUT2D eigenvalue weighted by molar-refractivity contribution is -0.139. The smallest absolute Gasteiger partial charge is 0.253 e. The molecule has 0 aromatic heterocycles. The first-order valence-electron chi connectivity index (χ1n) is 8.75. The highest BCUT2D eigenvalue weighted by atomic mass is 35.5. The Morgan fingerprint density at radius 3 is 2.65 bits per heavy atom. The molecule has 144 valence electrons. The zero-order chi connectivity index (χ0) is 17.8. The van der Waals surface area contributed by atoms with Gasteiger partial charge in [-0.2, -0.15) is 0 Å². The number of morpholine rings is 1. The molecule has 2 saturated heterocycles. The van der Waals surface area contributed by atoms with Gasteiger partial charge in [0.1, 0.15) is 6.04 Å². The minimum Gasteiger partial charge on any atom is -0.375 e. The van der Waals surface area contributed by atoms with E-state index in [0.29, 0.717) is 49.9 Å². The van der Waals surface area contributed by atoms with Crippen LogP contribution in [0.25, 0.3) is 0 Å². The van der Waals surface area contributed by atoms with E-state index in [1.807, 2.05) is 11.8 Å². The van der Waals surface area contributed by atoms with Crippen molar-refractivity contribution in [2.45, 2.75) is 25.5 Å². The lowest BCUT2D eigenvalue weighted by Crippen LogP contribution is -2.56. The zero-order valence-electron chi connectivity index (χ0n) is 14.8. The molecule has 0 spiro atoms. The maximum absolute atomic E-state index is 12.8. The van der Waals surface area contributed by atoms with E-state index >= 15 is 0 Å². The van der Waals surface area contributed by atoms with Crippen LogP contribution >= 0.6 is 24.0 Å². The zero-order valence-corrected chi connectivity index (χ0v) is 16.4. The van der Waals surface area contributed by atoms with Gasteiger partial charge in [0.15, 0.2) is 0 Å². The second kappa shape index (κ2) is 9.55. The summed E-state index contributed by atoms with van der Waals surface area (Å²) in [5.74, 6) is 0.0218. The van der Waals surface area contributed by atoms with Gasteiger partial charge >= 0.3 is 0 Å². The second-order valence-corrected chi connectivity index (χ2v) is 6.93. The van der Waals surface area contributed by atoms with Gasteiger partial charge in [0.25, 0.3) is 5.91 Å². The molecule has 2 atom stereocenters. The van der Waals surface area contributed by atoms with Crippen LogP contribution in [0, 0.1) is 0 Å². The van der Waals surface area contributed by atoms with Gasteiger partial charge in [-0.25, -0.2) is 0 Å². The minimum absolute atomic E-state index is 0. The number of nitrogens with one attached hydrogen (secondary N) is 1. The first kappa shape index (κ1) is 21.0.